The molecule has 0 aliphatic carbocycles. The number of hydrogen-bond donors (Lipinski definition) is 2. The van der Waals surface area contributed by atoms with E-state index in [-0.39, 0.29) is 11.3 Å². The second kappa shape index (κ2) is 6.62. The van der Waals surface area contributed by atoms with Crippen LogP contribution in [0, 0.1) is 0 Å². The number of anilines is 1. The van der Waals surface area contributed by atoms with Gasteiger partial charge in [0.1, 0.15) is 5.69 Å². The van der Waals surface area contributed by atoms with Gasteiger partial charge < -0.3 is 15.2 Å². The molecule has 2 aromatic rings. The summed E-state index contributed by atoms with van der Waals surface area (Å²) in [4.78, 5) is 26.4. The minimum atomic E-state index is -1.09. The molecule has 0 bridgehead atoms. The summed E-state index contributed by atoms with van der Waals surface area (Å²) in [6.45, 7) is 1.10. The summed E-state index contributed by atoms with van der Waals surface area (Å²) >= 11 is 0. The van der Waals surface area contributed by atoms with Crippen LogP contribution < -0.4 is 5.32 Å². The molecule has 0 radical (unpaired) electrons. The summed E-state index contributed by atoms with van der Waals surface area (Å²) in [6, 6.07) is 2.68. The molecule has 2 N–H and O–H groups in total. The van der Waals surface area contributed by atoms with Crippen LogP contribution in [-0.4, -0.2) is 45.5 Å². The molecule has 8 nitrogen and oxygen atoms in total. The van der Waals surface area contributed by atoms with E-state index in [4.69, 9.17) is 9.84 Å². The number of nitrogens with zero attached hydrogens (tertiary/aromatic N) is 3. The molecule has 2 aromatic heterocycles. The van der Waals surface area contributed by atoms with Gasteiger partial charge in [0.2, 0.25) is 0 Å². The molecule has 21 heavy (non-hydrogen) atoms. The van der Waals surface area contributed by atoms with Gasteiger partial charge >= 0.3 is 5.97 Å². The van der Waals surface area contributed by atoms with E-state index >= 15 is 0 Å². The normalized spacial score (nSPS) is 10.3. The number of nitrogens with one attached hydrogen (secondary N) is 1. The minimum absolute atomic E-state index is 0.0268. The topological polar surface area (TPSA) is 106 Å². The quantitative estimate of drug-likeness (QED) is 0.817. The Bertz CT molecular complexity index is 636. The van der Waals surface area contributed by atoms with Gasteiger partial charge in [-0.3, -0.25) is 14.5 Å². The Labute approximate surface area is 120 Å². The maximum atomic E-state index is 11.9. The first-order valence-corrected chi connectivity index (χ1v) is 6.12. The van der Waals surface area contributed by atoms with E-state index in [9.17, 15) is 9.59 Å². The van der Waals surface area contributed by atoms with Crippen molar-refractivity contribution in [2.45, 2.75) is 6.54 Å². The molecule has 0 saturated heterocycles. The second-order valence-corrected chi connectivity index (χ2v) is 4.18. The number of methoxy groups -OCH3 is 1. The van der Waals surface area contributed by atoms with Gasteiger partial charge in [-0.05, 0) is 12.1 Å². The second-order valence-electron chi connectivity index (χ2n) is 4.18. The summed E-state index contributed by atoms with van der Waals surface area (Å²) in [5.74, 6) is -1.52. The molecule has 110 valence electrons. The van der Waals surface area contributed by atoms with E-state index in [2.05, 4.69) is 15.4 Å². The van der Waals surface area contributed by atoms with Gasteiger partial charge in [-0.2, -0.15) is 5.10 Å². The zero-order chi connectivity index (χ0) is 15.2. The van der Waals surface area contributed by atoms with Crippen molar-refractivity contribution in [2.75, 3.05) is 19.0 Å². The standard InChI is InChI=1S/C13H14N4O4/c1-21-5-4-17-8-10(7-15-17)16-12(18)11-3-2-9(6-14-11)13(19)20/h2-3,6-8H,4-5H2,1H3,(H,16,18)(H,19,20). The number of carbonyl (C=O) groups is 2. The smallest absolute Gasteiger partial charge is 0.337 e. The van der Waals surface area contributed by atoms with E-state index in [1.807, 2.05) is 0 Å². The first kappa shape index (κ1) is 14.7. The van der Waals surface area contributed by atoms with Crippen molar-refractivity contribution in [1.82, 2.24) is 14.8 Å². The van der Waals surface area contributed by atoms with Crippen LogP contribution >= 0.6 is 0 Å². The fourth-order valence-electron chi connectivity index (χ4n) is 1.59. The number of carboxylic acids is 1. The molecule has 0 aliphatic rings. The summed E-state index contributed by atoms with van der Waals surface area (Å²) in [5.41, 5.74) is 0.684. The van der Waals surface area contributed by atoms with Crippen LogP contribution in [0.3, 0.4) is 0 Å². The Morgan fingerprint density at radius 3 is 2.81 bits per heavy atom. The van der Waals surface area contributed by atoms with Gasteiger partial charge in [0, 0.05) is 19.5 Å². The van der Waals surface area contributed by atoms with E-state index in [1.54, 1.807) is 18.0 Å². The molecule has 0 aliphatic heterocycles. The first-order valence-electron chi connectivity index (χ1n) is 6.12. The lowest BCUT2D eigenvalue weighted by atomic mass is 10.2. The van der Waals surface area contributed by atoms with Crippen molar-refractivity contribution in [3.8, 4) is 0 Å². The monoisotopic (exact) mass is 290 g/mol. The highest BCUT2D eigenvalue weighted by Crippen LogP contribution is 2.08. The van der Waals surface area contributed by atoms with Gasteiger partial charge in [0.15, 0.2) is 0 Å². The molecule has 0 saturated carbocycles. The number of carboxylic acid groups (broad SMARTS) is 1. The Morgan fingerprint density at radius 1 is 1.38 bits per heavy atom. The number of aromatic carboxylic acids is 1. The molecule has 1 amide bonds. The van der Waals surface area contributed by atoms with Crippen LogP contribution in [0.2, 0.25) is 0 Å². The number of hydrogen-bond acceptors (Lipinski definition) is 5. The fourth-order valence-corrected chi connectivity index (χ4v) is 1.59. The molecule has 0 atom stereocenters. The molecule has 0 fully saturated rings. The van der Waals surface area contributed by atoms with Crippen molar-refractivity contribution in [3.63, 3.8) is 0 Å². The van der Waals surface area contributed by atoms with Gasteiger partial charge in [-0.15, -0.1) is 0 Å². The third-order valence-corrected chi connectivity index (χ3v) is 2.66. The summed E-state index contributed by atoms with van der Waals surface area (Å²) in [7, 11) is 1.60. The Morgan fingerprint density at radius 2 is 2.19 bits per heavy atom. The van der Waals surface area contributed by atoms with Crippen LogP contribution in [-0.2, 0) is 11.3 Å². The van der Waals surface area contributed by atoms with Crippen LogP contribution in [0.4, 0.5) is 5.69 Å². The summed E-state index contributed by atoms with van der Waals surface area (Å²) in [5, 5.41) is 15.5. The van der Waals surface area contributed by atoms with Crippen LogP contribution in [0.5, 0.6) is 0 Å². The average Bonchev–Trinajstić information content (AvgIpc) is 2.92. The van der Waals surface area contributed by atoms with Crippen molar-refractivity contribution < 1.29 is 19.4 Å². The molecule has 0 spiro atoms. The highest BCUT2D eigenvalue weighted by Gasteiger charge is 2.10. The van der Waals surface area contributed by atoms with E-state index in [1.165, 1.54) is 18.3 Å². The van der Waals surface area contributed by atoms with Gasteiger partial charge in [-0.25, -0.2) is 4.79 Å². The number of carbonyl (C=O) groups excluding carboxylic acids is 1. The third-order valence-electron chi connectivity index (χ3n) is 2.66. The fraction of sp³-hybridized carbons (Fsp3) is 0.231. The molecular weight excluding hydrogens is 276 g/mol. The Kier molecular flexibility index (Phi) is 4.62. The maximum absolute atomic E-state index is 11.9. The minimum Gasteiger partial charge on any atom is -0.478 e. The van der Waals surface area contributed by atoms with E-state index in [0.717, 1.165) is 6.20 Å². The van der Waals surface area contributed by atoms with Gasteiger partial charge in [0.05, 0.1) is 30.6 Å². The van der Waals surface area contributed by atoms with E-state index < -0.39 is 11.9 Å². The predicted octanol–water partition coefficient (Wildman–Crippen LogP) is 0.875. The SMILES string of the molecule is COCCn1cc(NC(=O)c2ccc(C(=O)O)cn2)cn1. The van der Waals surface area contributed by atoms with Gasteiger partial charge in [0.25, 0.3) is 5.91 Å². The van der Waals surface area contributed by atoms with Crippen LogP contribution in [0.25, 0.3) is 0 Å². The molecular formula is C13H14N4O4. The number of aromatic nitrogens is 3. The van der Waals surface area contributed by atoms with Gasteiger partial charge in [-0.1, -0.05) is 0 Å². The predicted molar refractivity (Wildman–Crippen MR) is 73.3 cm³/mol. The Hall–Kier alpha value is -2.74. The molecule has 8 heteroatoms. The van der Waals surface area contributed by atoms with Crippen LogP contribution in [0.15, 0.2) is 30.7 Å². The van der Waals surface area contributed by atoms with Crippen molar-refractivity contribution in [3.05, 3.63) is 42.0 Å². The number of amides is 1. The molecule has 0 unspecified atom stereocenters. The molecule has 2 heterocycles. The van der Waals surface area contributed by atoms with Crippen molar-refractivity contribution in [1.29, 1.82) is 0 Å². The Balaban J connectivity index is 2.00. The van der Waals surface area contributed by atoms with E-state index in [0.29, 0.717) is 18.8 Å². The number of ether oxygens (including phenoxy) is 1. The zero-order valence-electron chi connectivity index (χ0n) is 11.3. The lowest BCUT2D eigenvalue weighted by Gasteiger charge is -2.02. The largest absolute Gasteiger partial charge is 0.478 e. The van der Waals surface area contributed by atoms with Crippen molar-refractivity contribution >= 4 is 17.6 Å². The molecule has 0 aromatic carbocycles. The van der Waals surface area contributed by atoms with Crippen LogP contribution in [0.1, 0.15) is 20.8 Å². The number of pyridine rings is 1. The summed E-state index contributed by atoms with van der Waals surface area (Å²) in [6.07, 6.45) is 4.32. The summed E-state index contributed by atoms with van der Waals surface area (Å²) < 4.78 is 6.57. The maximum Gasteiger partial charge on any atom is 0.337 e. The lowest BCUT2D eigenvalue weighted by molar-refractivity contribution is 0.0696. The lowest BCUT2D eigenvalue weighted by Crippen LogP contribution is -2.13. The number of rotatable bonds is 6. The highest BCUT2D eigenvalue weighted by molar-refractivity contribution is 6.03. The zero-order valence-corrected chi connectivity index (χ0v) is 11.3. The molecule has 2 rings (SSSR count). The third kappa shape index (κ3) is 3.86. The van der Waals surface area contributed by atoms with Crippen molar-refractivity contribution in [2.24, 2.45) is 0 Å². The first-order chi connectivity index (χ1) is 10.1. The highest BCUT2D eigenvalue weighted by atomic mass is 16.5. The average molecular weight is 290 g/mol.